The van der Waals surface area contributed by atoms with Gasteiger partial charge >= 0.3 is 0 Å². The second-order valence-corrected chi connectivity index (χ2v) is 4.42. The molecule has 0 amide bonds. The van der Waals surface area contributed by atoms with E-state index >= 15 is 0 Å². The number of thioether (sulfide) groups is 1. The molecule has 0 rings (SSSR count). The third kappa shape index (κ3) is 8.22. The Labute approximate surface area is 64.4 Å². The van der Waals surface area contributed by atoms with Crippen molar-refractivity contribution in [2.75, 3.05) is 23.9 Å². The van der Waals surface area contributed by atoms with Crippen LogP contribution in [0.15, 0.2) is 0 Å². The van der Waals surface area contributed by atoms with E-state index in [0.29, 0.717) is 11.5 Å². The molecular weight excluding hydrogens is 176 g/mol. The molecule has 0 atom stereocenters. The summed E-state index contributed by atoms with van der Waals surface area (Å²) in [5.74, 6) is 0.604. The highest BCUT2D eigenvalue weighted by molar-refractivity contribution is 8.00. The first kappa shape index (κ1) is 10.2. The van der Waals surface area contributed by atoms with E-state index in [4.69, 9.17) is 9.66 Å². The molecule has 0 spiro atoms. The Morgan fingerprint density at radius 1 is 1.30 bits per heavy atom. The van der Waals surface area contributed by atoms with Crippen molar-refractivity contribution in [2.45, 2.75) is 0 Å². The summed E-state index contributed by atoms with van der Waals surface area (Å²) in [6.07, 6.45) is 0. The van der Waals surface area contributed by atoms with Crippen molar-refractivity contribution >= 4 is 21.9 Å². The van der Waals surface area contributed by atoms with Gasteiger partial charge in [0.05, 0.1) is 12.4 Å². The zero-order valence-electron chi connectivity index (χ0n) is 5.36. The molecule has 62 valence electrons. The molecular formula is C4H10O4S2. The van der Waals surface area contributed by atoms with E-state index in [2.05, 4.69) is 0 Å². The molecule has 2 N–H and O–H groups in total. The maximum absolute atomic E-state index is 10.1. The van der Waals surface area contributed by atoms with E-state index in [1.165, 1.54) is 11.8 Å². The van der Waals surface area contributed by atoms with Crippen LogP contribution in [0, 0.1) is 0 Å². The molecule has 0 radical (unpaired) electrons. The molecule has 0 aliphatic heterocycles. The highest BCUT2D eigenvalue weighted by atomic mass is 32.2. The predicted molar refractivity (Wildman–Crippen MR) is 40.8 cm³/mol. The van der Waals surface area contributed by atoms with Crippen LogP contribution in [0.2, 0.25) is 0 Å². The fraction of sp³-hybridized carbons (Fsp3) is 1.00. The van der Waals surface area contributed by atoms with Gasteiger partial charge < -0.3 is 5.11 Å². The highest BCUT2D eigenvalue weighted by Gasteiger charge is 2.02. The van der Waals surface area contributed by atoms with Crippen LogP contribution in [0.25, 0.3) is 0 Å². The first-order valence-electron chi connectivity index (χ1n) is 2.70. The lowest BCUT2D eigenvalue weighted by Gasteiger charge is -1.95. The van der Waals surface area contributed by atoms with Crippen LogP contribution < -0.4 is 0 Å². The maximum atomic E-state index is 10.1. The molecule has 6 heteroatoms. The second-order valence-electron chi connectivity index (χ2n) is 1.62. The summed E-state index contributed by atoms with van der Waals surface area (Å²) in [6, 6.07) is 0. The molecule has 0 aromatic rings. The molecule has 4 nitrogen and oxygen atoms in total. The van der Waals surface area contributed by atoms with Gasteiger partial charge in [-0.2, -0.15) is 20.2 Å². The first-order chi connectivity index (χ1) is 4.56. The maximum Gasteiger partial charge on any atom is 0.265 e. The van der Waals surface area contributed by atoms with Crippen LogP contribution in [-0.2, 0) is 10.1 Å². The van der Waals surface area contributed by atoms with Crippen molar-refractivity contribution in [2.24, 2.45) is 0 Å². The third-order valence-corrected chi connectivity index (χ3v) is 2.66. The monoisotopic (exact) mass is 186 g/mol. The predicted octanol–water partition coefficient (Wildman–Crippen LogP) is -0.400. The molecule has 0 bridgehead atoms. The Kier molecular flexibility index (Phi) is 5.06. The number of rotatable bonds is 5. The van der Waals surface area contributed by atoms with Crippen LogP contribution in [0.5, 0.6) is 0 Å². The lowest BCUT2D eigenvalue weighted by atomic mass is 10.9. The quantitative estimate of drug-likeness (QED) is 0.451. The van der Waals surface area contributed by atoms with Crippen LogP contribution in [-0.4, -0.2) is 41.9 Å². The summed E-state index contributed by atoms with van der Waals surface area (Å²) in [5.41, 5.74) is 0. The number of aliphatic hydroxyl groups is 1. The van der Waals surface area contributed by atoms with Gasteiger partial charge in [-0.1, -0.05) is 0 Å². The molecule has 0 aliphatic rings. The second kappa shape index (κ2) is 4.95. The zero-order chi connectivity index (χ0) is 8.04. The van der Waals surface area contributed by atoms with Crippen molar-refractivity contribution in [3.63, 3.8) is 0 Å². The largest absolute Gasteiger partial charge is 0.396 e. The molecule has 0 heterocycles. The fourth-order valence-electron chi connectivity index (χ4n) is 0.331. The van der Waals surface area contributed by atoms with Crippen LogP contribution in [0.3, 0.4) is 0 Å². The van der Waals surface area contributed by atoms with E-state index in [1.807, 2.05) is 0 Å². The summed E-state index contributed by atoms with van der Waals surface area (Å²) in [4.78, 5) is 0. The average molecular weight is 186 g/mol. The minimum Gasteiger partial charge on any atom is -0.396 e. The molecule has 0 fully saturated rings. The van der Waals surface area contributed by atoms with E-state index in [-0.39, 0.29) is 12.4 Å². The van der Waals surface area contributed by atoms with Gasteiger partial charge in [0.2, 0.25) is 0 Å². The minimum atomic E-state index is -3.81. The molecule has 0 saturated heterocycles. The van der Waals surface area contributed by atoms with Gasteiger partial charge in [-0.15, -0.1) is 0 Å². The summed E-state index contributed by atoms with van der Waals surface area (Å²) >= 11 is 1.29. The smallest absolute Gasteiger partial charge is 0.265 e. The Bertz CT molecular complexity index is 162. The summed E-state index contributed by atoms with van der Waals surface area (Å²) < 4.78 is 28.4. The Hall–Kier alpha value is 0.220. The lowest BCUT2D eigenvalue weighted by Crippen LogP contribution is -2.06. The number of aliphatic hydroxyl groups excluding tert-OH is 1. The lowest BCUT2D eigenvalue weighted by molar-refractivity contribution is 0.322. The van der Waals surface area contributed by atoms with Crippen LogP contribution in [0.1, 0.15) is 0 Å². The zero-order valence-corrected chi connectivity index (χ0v) is 6.99. The van der Waals surface area contributed by atoms with Gasteiger partial charge in [0.15, 0.2) is 0 Å². The van der Waals surface area contributed by atoms with Gasteiger partial charge in [-0.05, 0) is 0 Å². The molecule has 0 aromatic carbocycles. The summed E-state index contributed by atoms with van der Waals surface area (Å²) in [7, 11) is -3.81. The average Bonchev–Trinajstić information content (AvgIpc) is 1.78. The highest BCUT2D eigenvalue weighted by Crippen LogP contribution is 1.99. The molecule has 0 aliphatic carbocycles. The van der Waals surface area contributed by atoms with Gasteiger partial charge in [-0.3, -0.25) is 4.55 Å². The Morgan fingerprint density at radius 2 is 1.90 bits per heavy atom. The topological polar surface area (TPSA) is 74.6 Å². The van der Waals surface area contributed by atoms with E-state index in [1.54, 1.807) is 0 Å². The molecule has 0 aromatic heterocycles. The standard InChI is InChI=1S/C4H10O4S2/c5-1-2-9-3-4-10(6,7)8/h5H,1-4H2,(H,6,7,8). The van der Waals surface area contributed by atoms with E-state index in [9.17, 15) is 8.42 Å². The minimum absolute atomic E-state index is 0.0378. The van der Waals surface area contributed by atoms with Crippen molar-refractivity contribution in [3.05, 3.63) is 0 Å². The van der Waals surface area contributed by atoms with Crippen LogP contribution >= 0.6 is 11.8 Å². The van der Waals surface area contributed by atoms with Crippen molar-refractivity contribution in [3.8, 4) is 0 Å². The van der Waals surface area contributed by atoms with Crippen molar-refractivity contribution < 1.29 is 18.1 Å². The van der Waals surface area contributed by atoms with Gasteiger partial charge in [0.25, 0.3) is 10.1 Å². The molecule has 0 unspecified atom stereocenters. The van der Waals surface area contributed by atoms with E-state index in [0.717, 1.165) is 0 Å². The first-order valence-corrected chi connectivity index (χ1v) is 5.46. The van der Waals surface area contributed by atoms with Gasteiger partial charge in [-0.25, -0.2) is 0 Å². The summed E-state index contributed by atoms with van der Waals surface area (Å²) in [5, 5.41) is 8.26. The van der Waals surface area contributed by atoms with Gasteiger partial charge in [0, 0.05) is 11.5 Å². The Balaban J connectivity index is 3.21. The SMILES string of the molecule is O=S(=O)(O)CCSCCO. The van der Waals surface area contributed by atoms with E-state index < -0.39 is 10.1 Å². The summed E-state index contributed by atoms with van der Waals surface area (Å²) in [6.45, 7) is 0.0378. The van der Waals surface area contributed by atoms with Gasteiger partial charge in [0.1, 0.15) is 0 Å². The normalized spacial score (nSPS) is 11.8. The fourth-order valence-corrected chi connectivity index (χ4v) is 1.98. The third-order valence-electron chi connectivity index (χ3n) is 0.721. The van der Waals surface area contributed by atoms with Crippen molar-refractivity contribution in [1.29, 1.82) is 0 Å². The van der Waals surface area contributed by atoms with Crippen molar-refractivity contribution in [1.82, 2.24) is 0 Å². The number of hydrogen-bond donors (Lipinski definition) is 2. The molecule has 10 heavy (non-hydrogen) atoms. The Morgan fingerprint density at radius 3 is 2.30 bits per heavy atom. The number of hydrogen-bond acceptors (Lipinski definition) is 4. The molecule has 0 saturated carbocycles. The van der Waals surface area contributed by atoms with Crippen LogP contribution in [0.4, 0.5) is 0 Å².